The monoisotopic (exact) mass is 280 g/mol. The second-order valence-corrected chi connectivity index (χ2v) is 5.84. The lowest BCUT2D eigenvalue weighted by molar-refractivity contribution is -0.180. The maximum absolute atomic E-state index is 11.9. The van der Waals surface area contributed by atoms with Gasteiger partial charge >= 0.3 is 13.1 Å². The van der Waals surface area contributed by atoms with E-state index in [2.05, 4.69) is 0 Å². The number of ether oxygens (including phenoxy) is 1. The zero-order valence-corrected chi connectivity index (χ0v) is 12.3. The van der Waals surface area contributed by atoms with Gasteiger partial charge in [-0.1, -0.05) is 24.3 Å². The highest BCUT2D eigenvalue weighted by molar-refractivity contribution is 6.58. The van der Waals surface area contributed by atoms with E-state index in [-0.39, 0.29) is 6.42 Å². The lowest BCUT2D eigenvalue weighted by atomic mass is 9.80. The minimum atomic E-state index is -1.52. The highest BCUT2D eigenvalue weighted by Crippen LogP contribution is 2.25. The van der Waals surface area contributed by atoms with E-state index in [0.29, 0.717) is 11.0 Å². The molecule has 0 unspecified atom stereocenters. The number of esters is 1. The van der Waals surface area contributed by atoms with Gasteiger partial charge in [-0.05, 0) is 38.7 Å². The Balaban J connectivity index is 2.67. The quantitative estimate of drug-likeness (QED) is 0.522. The SMILES string of the molecule is CC(C)(O)C(C)(C)OC(=O)Cc1ccc(B(O)O)cc1. The Labute approximate surface area is 119 Å². The van der Waals surface area contributed by atoms with Gasteiger partial charge in [-0.2, -0.15) is 0 Å². The number of rotatable bonds is 5. The van der Waals surface area contributed by atoms with Gasteiger partial charge in [0.1, 0.15) is 5.60 Å². The summed E-state index contributed by atoms with van der Waals surface area (Å²) in [6.07, 6.45) is 0.0569. The van der Waals surface area contributed by atoms with Crippen molar-refractivity contribution in [1.29, 1.82) is 0 Å². The molecule has 6 heteroatoms. The van der Waals surface area contributed by atoms with Crippen LogP contribution in [0.2, 0.25) is 0 Å². The Morgan fingerprint density at radius 2 is 1.65 bits per heavy atom. The van der Waals surface area contributed by atoms with Crippen LogP contribution in [0, 0.1) is 0 Å². The van der Waals surface area contributed by atoms with E-state index in [4.69, 9.17) is 14.8 Å². The van der Waals surface area contributed by atoms with Crippen molar-refractivity contribution in [3.8, 4) is 0 Å². The molecule has 0 aromatic heterocycles. The molecule has 0 aliphatic carbocycles. The summed E-state index contributed by atoms with van der Waals surface area (Å²) in [5, 5.41) is 27.9. The third-order valence-electron chi connectivity index (χ3n) is 3.47. The van der Waals surface area contributed by atoms with Crippen LogP contribution in [-0.2, 0) is 16.0 Å². The molecule has 3 N–H and O–H groups in total. The van der Waals surface area contributed by atoms with Gasteiger partial charge in [0, 0.05) is 0 Å². The van der Waals surface area contributed by atoms with E-state index < -0.39 is 24.3 Å². The van der Waals surface area contributed by atoms with Gasteiger partial charge in [0.25, 0.3) is 0 Å². The average molecular weight is 280 g/mol. The van der Waals surface area contributed by atoms with Crippen molar-refractivity contribution in [3.63, 3.8) is 0 Å². The summed E-state index contributed by atoms with van der Waals surface area (Å²) in [4.78, 5) is 11.9. The van der Waals surface area contributed by atoms with Crippen molar-refractivity contribution in [1.82, 2.24) is 0 Å². The molecule has 0 heterocycles. The van der Waals surface area contributed by atoms with Gasteiger partial charge in [-0.25, -0.2) is 0 Å². The minimum absolute atomic E-state index is 0.0569. The van der Waals surface area contributed by atoms with Crippen LogP contribution in [0.4, 0.5) is 0 Å². The Morgan fingerprint density at radius 1 is 1.15 bits per heavy atom. The van der Waals surface area contributed by atoms with Crippen LogP contribution >= 0.6 is 0 Å². The predicted molar refractivity (Wildman–Crippen MR) is 76.4 cm³/mol. The number of carbonyl (C=O) groups is 1. The molecule has 0 aliphatic rings. The van der Waals surface area contributed by atoms with Crippen molar-refractivity contribution in [2.45, 2.75) is 45.3 Å². The van der Waals surface area contributed by atoms with Crippen molar-refractivity contribution in [2.75, 3.05) is 0 Å². The third-order valence-corrected chi connectivity index (χ3v) is 3.47. The topological polar surface area (TPSA) is 87.0 Å². The fourth-order valence-corrected chi connectivity index (χ4v) is 1.42. The zero-order chi connectivity index (χ0) is 15.6. The van der Waals surface area contributed by atoms with Crippen LogP contribution < -0.4 is 5.46 Å². The summed E-state index contributed by atoms with van der Waals surface area (Å²) in [5.74, 6) is -0.450. The second-order valence-electron chi connectivity index (χ2n) is 5.84. The first-order valence-corrected chi connectivity index (χ1v) is 6.42. The van der Waals surface area contributed by atoms with Gasteiger partial charge in [0.15, 0.2) is 0 Å². The van der Waals surface area contributed by atoms with E-state index in [1.807, 2.05) is 0 Å². The van der Waals surface area contributed by atoms with Gasteiger partial charge in [0.2, 0.25) is 0 Å². The molecule has 0 radical (unpaired) electrons. The van der Waals surface area contributed by atoms with Gasteiger partial charge in [-0.15, -0.1) is 0 Å². The molecule has 0 atom stereocenters. The van der Waals surface area contributed by atoms with E-state index in [1.165, 1.54) is 12.1 Å². The van der Waals surface area contributed by atoms with E-state index >= 15 is 0 Å². The highest BCUT2D eigenvalue weighted by Gasteiger charge is 2.38. The molecule has 1 aromatic carbocycles. The number of carbonyl (C=O) groups excluding carboxylic acids is 1. The first-order chi connectivity index (χ1) is 9.03. The lowest BCUT2D eigenvalue weighted by Gasteiger charge is -2.36. The molecule has 0 amide bonds. The molecule has 1 rings (SSSR count). The van der Waals surface area contributed by atoms with Crippen molar-refractivity contribution in [3.05, 3.63) is 29.8 Å². The Kier molecular flexibility index (Phi) is 4.97. The maximum Gasteiger partial charge on any atom is 0.488 e. The van der Waals surface area contributed by atoms with Crippen molar-refractivity contribution in [2.24, 2.45) is 0 Å². The van der Waals surface area contributed by atoms with Crippen LogP contribution in [-0.4, -0.2) is 39.4 Å². The minimum Gasteiger partial charge on any atom is -0.456 e. The van der Waals surface area contributed by atoms with E-state index in [9.17, 15) is 9.90 Å². The third kappa shape index (κ3) is 4.33. The van der Waals surface area contributed by atoms with Crippen LogP contribution in [0.25, 0.3) is 0 Å². The molecule has 110 valence electrons. The lowest BCUT2D eigenvalue weighted by Crippen LogP contribution is -2.48. The highest BCUT2D eigenvalue weighted by atomic mass is 16.6. The summed E-state index contributed by atoms with van der Waals surface area (Å²) < 4.78 is 5.30. The first kappa shape index (κ1) is 16.7. The molecular weight excluding hydrogens is 259 g/mol. The largest absolute Gasteiger partial charge is 0.488 e. The van der Waals surface area contributed by atoms with Crippen LogP contribution in [0.5, 0.6) is 0 Å². The fourth-order valence-electron chi connectivity index (χ4n) is 1.42. The molecule has 1 aromatic rings. The summed E-state index contributed by atoms with van der Waals surface area (Å²) in [6, 6.07) is 6.34. The normalized spacial score (nSPS) is 12.2. The van der Waals surface area contributed by atoms with E-state index in [0.717, 1.165) is 0 Å². The van der Waals surface area contributed by atoms with Crippen molar-refractivity contribution < 1.29 is 24.7 Å². The standard InChI is InChI=1S/C14H21BO5/c1-13(2,17)14(3,4)20-12(16)9-10-5-7-11(8-6-10)15(18)19/h5-8,17-19H,9H2,1-4H3. The van der Waals surface area contributed by atoms with Crippen LogP contribution in [0.15, 0.2) is 24.3 Å². The summed E-state index contributed by atoms with van der Waals surface area (Å²) in [7, 11) is -1.52. The molecule has 5 nitrogen and oxygen atoms in total. The maximum atomic E-state index is 11.9. The summed E-state index contributed by atoms with van der Waals surface area (Å²) in [5.41, 5.74) is -1.08. The van der Waals surface area contributed by atoms with Gasteiger partial charge in [-0.3, -0.25) is 4.79 Å². The van der Waals surface area contributed by atoms with Crippen molar-refractivity contribution >= 4 is 18.6 Å². The average Bonchev–Trinajstić information content (AvgIpc) is 2.27. The predicted octanol–water partition coefficient (Wildman–Crippen LogP) is 0.00160. The van der Waals surface area contributed by atoms with Crippen LogP contribution in [0.3, 0.4) is 0 Å². The molecule has 0 spiro atoms. The molecule has 0 saturated heterocycles. The Bertz CT molecular complexity index is 459. The Hall–Kier alpha value is -1.37. The number of aliphatic hydroxyl groups is 1. The molecule has 0 fully saturated rings. The molecule has 20 heavy (non-hydrogen) atoms. The molecule has 0 bridgehead atoms. The number of hydrogen-bond acceptors (Lipinski definition) is 5. The smallest absolute Gasteiger partial charge is 0.456 e. The summed E-state index contributed by atoms with van der Waals surface area (Å²) >= 11 is 0. The number of hydrogen-bond donors (Lipinski definition) is 3. The van der Waals surface area contributed by atoms with Gasteiger partial charge in [0.05, 0.1) is 12.0 Å². The second kappa shape index (κ2) is 5.95. The zero-order valence-electron chi connectivity index (χ0n) is 12.3. The van der Waals surface area contributed by atoms with Gasteiger partial charge < -0.3 is 19.9 Å². The molecule has 0 aliphatic heterocycles. The number of benzene rings is 1. The van der Waals surface area contributed by atoms with Crippen LogP contribution in [0.1, 0.15) is 33.3 Å². The van der Waals surface area contributed by atoms with E-state index in [1.54, 1.807) is 39.8 Å². The first-order valence-electron chi connectivity index (χ1n) is 6.42. The Morgan fingerprint density at radius 3 is 2.05 bits per heavy atom. The fraction of sp³-hybridized carbons (Fsp3) is 0.500. The molecular formula is C14H21BO5. The summed E-state index contributed by atoms with van der Waals surface area (Å²) in [6.45, 7) is 6.46. The molecule has 0 saturated carbocycles.